The van der Waals surface area contributed by atoms with Gasteiger partial charge in [-0.05, 0) is 23.1 Å². The molecular weight excluding hydrogens is 176 g/mol. The first-order valence-electron chi connectivity index (χ1n) is 4.64. The van der Waals surface area contributed by atoms with Crippen LogP contribution in [0.3, 0.4) is 0 Å². The fourth-order valence-electron chi connectivity index (χ4n) is 1.15. The highest BCUT2D eigenvalue weighted by atomic mass is 16.1. The summed E-state index contributed by atoms with van der Waals surface area (Å²) < 4.78 is 0. The first-order valence-corrected chi connectivity index (χ1v) is 4.64. The van der Waals surface area contributed by atoms with Crippen molar-refractivity contribution in [3.63, 3.8) is 0 Å². The molecule has 1 aromatic rings. The third-order valence-corrected chi connectivity index (χ3v) is 1.93. The zero-order valence-electron chi connectivity index (χ0n) is 9.09. The maximum absolute atomic E-state index is 10.8. The molecule has 3 nitrogen and oxygen atoms in total. The second kappa shape index (κ2) is 3.78. The Morgan fingerprint density at radius 3 is 2.57 bits per heavy atom. The third kappa shape index (κ3) is 2.83. The van der Waals surface area contributed by atoms with Crippen LogP contribution < -0.4 is 5.32 Å². The standard InChI is InChI=1S/C11H16N2O/c1-8(14)13-10-7-9(5-6-12-10)11(2,3)4/h5-7H,1-4H3,(H,12,13,14). The van der Waals surface area contributed by atoms with Crippen LogP contribution in [0.15, 0.2) is 18.3 Å². The molecule has 1 N–H and O–H groups in total. The van der Waals surface area contributed by atoms with Gasteiger partial charge in [-0.25, -0.2) is 4.98 Å². The average molecular weight is 192 g/mol. The van der Waals surface area contributed by atoms with E-state index in [1.807, 2.05) is 12.1 Å². The summed E-state index contributed by atoms with van der Waals surface area (Å²) in [6.45, 7) is 7.85. The second-order valence-corrected chi connectivity index (χ2v) is 4.36. The number of nitrogens with zero attached hydrogens (tertiary/aromatic N) is 1. The molecule has 0 saturated heterocycles. The largest absolute Gasteiger partial charge is 0.311 e. The van der Waals surface area contributed by atoms with Crippen molar-refractivity contribution in [2.75, 3.05) is 5.32 Å². The van der Waals surface area contributed by atoms with E-state index in [-0.39, 0.29) is 11.3 Å². The molecule has 0 radical (unpaired) electrons. The van der Waals surface area contributed by atoms with Crippen LogP contribution in [-0.2, 0) is 10.2 Å². The fourth-order valence-corrected chi connectivity index (χ4v) is 1.15. The number of carbonyl (C=O) groups excluding carboxylic acids is 1. The molecule has 0 fully saturated rings. The Hall–Kier alpha value is -1.38. The van der Waals surface area contributed by atoms with Crippen molar-refractivity contribution in [3.8, 4) is 0 Å². The van der Waals surface area contributed by atoms with Crippen LogP contribution >= 0.6 is 0 Å². The minimum absolute atomic E-state index is 0.0795. The third-order valence-electron chi connectivity index (χ3n) is 1.93. The highest BCUT2D eigenvalue weighted by Gasteiger charge is 2.14. The number of nitrogens with one attached hydrogen (secondary N) is 1. The SMILES string of the molecule is CC(=O)Nc1cc(C(C)(C)C)ccn1. The van der Waals surface area contributed by atoms with E-state index < -0.39 is 0 Å². The van der Waals surface area contributed by atoms with E-state index in [9.17, 15) is 4.79 Å². The van der Waals surface area contributed by atoms with E-state index in [0.29, 0.717) is 5.82 Å². The van der Waals surface area contributed by atoms with E-state index in [1.165, 1.54) is 6.92 Å². The molecular formula is C11H16N2O. The second-order valence-electron chi connectivity index (χ2n) is 4.36. The van der Waals surface area contributed by atoms with Crippen molar-refractivity contribution >= 4 is 11.7 Å². The van der Waals surface area contributed by atoms with Crippen molar-refractivity contribution in [3.05, 3.63) is 23.9 Å². The van der Waals surface area contributed by atoms with Gasteiger partial charge < -0.3 is 5.32 Å². The van der Waals surface area contributed by atoms with Crippen LogP contribution in [0.25, 0.3) is 0 Å². The smallest absolute Gasteiger partial charge is 0.222 e. The molecule has 1 amide bonds. The van der Waals surface area contributed by atoms with Gasteiger partial charge in [0.15, 0.2) is 0 Å². The topological polar surface area (TPSA) is 42.0 Å². The zero-order chi connectivity index (χ0) is 10.8. The van der Waals surface area contributed by atoms with Gasteiger partial charge in [0, 0.05) is 13.1 Å². The molecule has 1 aromatic heterocycles. The molecule has 1 heterocycles. The molecule has 0 aliphatic rings. The van der Waals surface area contributed by atoms with Crippen molar-refractivity contribution in [2.24, 2.45) is 0 Å². The molecule has 0 bridgehead atoms. The highest BCUT2D eigenvalue weighted by Crippen LogP contribution is 2.23. The van der Waals surface area contributed by atoms with Gasteiger partial charge in [-0.2, -0.15) is 0 Å². The van der Waals surface area contributed by atoms with Gasteiger partial charge in [-0.1, -0.05) is 20.8 Å². The Kier molecular flexibility index (Phi) is 2.89. The van der Waals surface area contributed by atoms with Crippen LogP contribution in [0.1, 0.15) is 33.3 Å². The molecule has 0 aromatic carbocycles. The molecule has 0 atom stereocenters. The minimum Gasteiger partial charge on any atom is -0.311 e. The number of rotatable bonds is 1. The first-order chi connectivity index (χ1) is 6.39. The molecule has 0 aliphatic heterocycles. The number of amides is 1. The minimum atomic E-state index is -0.0939. The van der Waals surface area contributed by atoms with Crippen molar-refractivity contribution in [2.45, 2.75) is 33.1 Å². The lowest BCUT2D eigenvalue weighted by Crippen LogP contribution is -2.13. The number of aromatic nitrogens is 1. The number of carbonyl (C=O) groups is 1. The summed E-state index contributed by atoms with van der Waals surface area (Å²) in [4.78, 5) is 14.9. The summed E-state index contributed by atoms with van der Waals surface area (Å²) in [5.41, 5.74) is 1.24. The van der Waals surface area contributed by atoms with Gasteiger partial charge in [-0.15, -0.1) is 0 Å². The number of pyridine rings is 1. The van der Waals surface area contributed by atoms with Gasteiger partial charge in [0.2, 0.25) is 5.91 Å². The summed E-state index contributed by atoms with van der Waals surface area (Å²) in [6.07, 6.45) is 1.71. The Morgan fingerprint density at radius 2 is 2.07 bits per heavy atom. The Morgan fingerprint density at radius 1 is 1.43 bits per heavy atom. The lowest BCUT2D eigenvalue weighted by atomic mass is 9.88. The zero-order valence-corrected chi connectivity index (χ0v) is 9.09. The number of anilines is 1. The van der Waals surface area contributed by atoms with Crippen molar-refractivity contribution < 1.29 is 4.79 Å². The molecule has 0 aliphatic carbocycles. The van der Waals surface area contributed by atoms with Crippen LogP contribution in [0.5, 0.6) is 0 Å². The summed E-state index contributed by atoms with van der Waals surface area (Å²) in [5, 5.41) is 2.67. The van der Waals surface area contributed by atoms with Crippen molar-refractivity contribution in [1.82, 2.24) is 4.98 Å². The van der Waals surface area contributed by atoms with Crippen LogP contribution in [-0.4, -0.2) is 10.9 Å². The Bertz CT molecular complexity index is 339. The molecule has 3 heteroatoms. The molecule has 1 rings (SSSR count). The van der Waals surface area contributed by atoms with E-state index >= 15 is 0 Å². The Labute approximate surface area is 84.6 Å². The molecule has 0 unspecified atom stereocenters. The molecule has 14 heavy (non-hydrogen) atoms. The van der Waals surface area contributed by atoms with Crippen molar-refractivity contribution in [1.29, 1.82) is 0 Å². The molecule has 0 spiro atoms. The normalized spacial score (nSPS) is 11.1. The summed E-state index contributed by atoms with van der Waals surface area (Å²) in [5.74, 6) is 0.522. The lowest BCUT2D eigenvalue weighted by Gasteiger charge is -2.19. The molecule has 0 saturated carbocycles. The van der Waals surface area contributed by atoms with Crippen LogP contribution in [0, 0.1) is 0 Å². The summed E-state index contributed by atoms with van der Waals surface area (Å²) in [7, 11) is 0. The van der Waals surface area contributed by atoms with Gasteiger partial charge in [0.05, 0.1) is 0 Å². The van der Waals surface area contributed by atoms with E-state index in [4.69, 9.17) is 0 Å². The summed E-state index contributed by atoms with van der Waals surface area (Å²) >= 11 is 0. The lowest BCUT2D eigenvalue weighted by molar-refractivity contribution is -0.114. The highest BCUT2D eigenvalue weighted by molar-refractivity contribution is 5.87. The maximum Gasteiger partial charge on any atom is 0.222 e. The number of hydrogen-bond donors (Lipinski definition) is 1. The van der Waals surface area contributed by atoms with E-state index in [0.717, 1.165) is 5.56 Å². The number of hydrogen-bond acceptors (Lipinski definition) is 2. The Balaban J connectivity index is 2.95. The molecule has 76 valence electrons. The van der Waals surface area contributed by atoms with Gasteiger partial charge >= 0.3 is 0 Å². The van der Waals surface area contributed by atoms with E-state index in [2.05, 4.69) is 31.1 Å². The van der Waals surface area contributed by atoms with Gasteiger partial charge in [0.25, 0.3) is 0 Å². The average Bonchev–Trinajstić information content (AvgIpc) is 2.01. The van der Waals surface area contributed by atoms with Crippen LogP contribution in [0.4, 0.5) is 5.82 Å². The van der Waals surface area contributed by atoms with Gasteiger partial charge in [-0.3, -0.25) is 4.79 Å². The monoisotopic (exact) mass is 192 g/mol. The first kappa shape index (κ1) is 10.7. The summed E-state index contributed by atoms with van der Waals surface area (Å²) in [6, 6.07) is 3.87. The predicted octanol–water partition coefficient (Wildman–Crippen LogP) is 2.34. The maximum atomic E-state index is 10.8. The predicted molar refractivity (Wildman–Crippen MR) is 57.2 cm³/mol. The quantitative estimate of drug-likeness (QED) is 0.742. The van der Waals surface area contributed by atoms with E-state index in [1.54, 1.807) is 6.20 Å². The van der Waals surface area contributed by atoms with Crippen LogP contribution in [0.2, 0.25) is 0 Å². The fraction of sp³-hybridized carbons (Fsp3) is 0.455. The van der Waals surface area contributed by atoms with Gasteiger partial charge in [0.1, 0.15) is 5.82 Å².